The molecule has 1 amide bonds. The van der Waals surface area contributed by atoms with E-state index in [2.05, 4.69) is 0 Å². The maximum atomic E-state index is 14.0. The summed E-state index contributed by atoms with van der Waals surface area (Å²) in [6, 6.07) is 19.1. The van der Waals surface area contributed by atoms with Gasteiger partial charge in [-0.3, -0.25) is 4.79 Å². The Morgan fingerprint density at radius 1 is 0.938 bits per heavy atom. The minimum absolute atomic E-state index is 0.176. The van der Waals surface area contributed by atoms with Crippen LogP contribution in [-0.2, 0) is 14.8 Å². The van der Waals surface area contributed by atoms with E-state index in [9.17, 15) is 17.6 Å². The Labute approximate surface area is 187 Å². The van der Waals surface area contributed by atoms with E-state index >= 15 is 0 Å². The number of halogens is 1. The average molecular weight is 456 g/mol. The molecule has 6 nitrogen and oxygen atoms in total. The van der Waals surface area contributed by atoms with Crippen LogP contribution >= 0.6 is 0 Å². The summed E-state index contributed by atoms with van der Waals surface area (Å²) in [5, 5.41) is 1.79. The number of sulfonamides is 1. The summed E-state index contributed by atoms with van der Waals surface area (Å²) < 4.78 is 41.7. The third kappa shape index (κ3) is 4.47. The van der Waals surface area contributed by atoms with E-state index in [4.69, 9.17) is 0 Å². The Morgan fingerprint density at radius 3 is 2.28 bits per heavy atom. The summed E-state index contributed by atoms with van der Waals surface area (Å²) in [7, 11) is -3.81. The maximum Gasteiger partial charge on any atom is 0.243 e. The highest BCUT2D eigenvalue weighted by molar-refractivity contribution is 7.89. The van der Waals surface area contributed by atoms with Crippen LogP contribution in [0.15, 0.2) is 71.6 Å². The second-order valence-corrected chi connectivity index (χ2v) is 9.70. The lowest BCUT2D eigenvalue weighted by atomic mass is 10.1. The normalized spacial score (nSPS) is 14.8. The zero-order chi connectivity index (χ0) is 22.7. The summed E-state index contributed by atoms with van der Waals surface area (Å²) in [4.78, 5) is 16.6. The minimum atomic E-state index is -3.81. The maximum absolute atomic E-state index is 14.0. The van der Waals surface area contributed by atoms with Crippen molar-refractivity contribution in [3.05, 3.63) is 72.5 Å². The predicted molar refractivity (Wildman–Crippen MR) is 124 cm³/mol. The standard InChI is InChI=1S/C24H26FN3O3S/c1-2-28(32(30,31)21-12-11-19-7-3-4-8-20(19)17-21)18-24(29)27-15-13-26(14-16-27)23-10-6-5-9-22(23)25/h3-12,17H,2,13-16,18H2,1H3. The first-order valence-corrected chi connectivity index (χ1v) is 12.1. The van der Waals surface area contributed by atoms with Gasteiger partial charge >= 0.3 is 0 Å². The molecular weight excluding hydrogens is 429 g/mol. The summed E-state index contributed by atoms with van der Waals surface area (Å²) in [6.45, 7) is 3.53. The molecule has 8 heteroatoms. The third-order valence-corrected chi connectivity index (χ3v) is 7.77. The van der Waals surface area contributed by atoms with Gasteiger partial charge in [-0.1, -0.05) is 49.4 Å². The number of benzene rings is 3. The topological polar surface area (TPSA) is 60.9 Å². The second kappa shape index (κ2) is 9.26. The fourth-order valence-corrected chi connectivity index (χ4v) is 5.43. The van der Waals surface area contributed by atoms with E-state index in [1.165, 1.54) is 10.4 Å². The van der Waals surface area contributed by atoms with E-state index in [0.29, 0.717) is 31.9 Å². The van der Waals surface area contributed by atoms with E-state index < -0.39 is 10.0 Å². The number of amides is 1. The van der Waals surface area contributed by atoms with Crippen molar-refractivity contribution in [1.29, 1.82) is 0 Å². The number of rotatable bonds is 6. The molecule has 1 heterocycles. The van der Waals surface area contributed by atoms with Gasteiger partial charge in [0.05, 0.1) is 17.1 Å². The minimum Gasteiger partial charge on any atom is -0.366 e. The number of hydrogen-bond donors (Lipinski definition) is 0. The van der Waals surface area contributed by atoms with Gasteiger partial charge in [-0.05, 0) is 35.0 Å². The Morgan fingerprint density at radius 2 is 1.59 bits per heavy atom. The quantitative estimate of drug-likeness (QED) is 0.572. The Kier molecular flexibility index (Phi) is 6.43. The highest BCUT2D eigenvalue weighted by Crippen LogP contribution is 2.23. The van der Waals surface area contributed by atoms with Gasteiger partial charge in [0.25, 0.3) is 0 Å². The largest absolute Gasteiger partial charge is 0.366 e. The van der Waals surface area contributed by atoms with Crippen molar-refractivity contribution in [2.75, 3.05) is 44.2 Å². The first-order chi connectivity index (χ1) is 15.4. The molecule has 1 aliphatic heterocycles. The zero-order valence-corrected chi connectivity index (χ0v) is 18.8. The van der Waals surface area contributed by atoms with Gasteiger partial charge in [0.1, 0.15) is 5.82 Å². The Balaban J connectivity index is 1.44. The molecule has 4 rings (SSSR count). The van der Waals surface area contributed by atoms with Gasteiger partial charge in [0.2, 0.25) is 15.9 Å². The highest BCUT2D eigenvalue weighted by Gasteiger charge is 2.29. The van der Waals surface area contributed by atoms with Crippen molar-refractivity contribution in [3.8, 4) is 0 Å². The van der Waals surface area contributed by atoms with E-state index in [0.717, 1.165) is 10.8 Å². The average Bonchev–Trinajstić information content (AvgIpc) is 2.82. The van der Waals surface area contributed by atoms with Crippen LogP contribution in [0.5, 0.6) is 0 Å². The first kappa shape index (κ1) is 22.2. The number of fused-ring (bicyclic) bond motifs is 1. The lowest BCUT2D eigenvalue weighted by Crippen LogP contribution is -2.52. The summed E-state index contributed by atoms with van der Waals surface area (Å²) >= 11 is 0. The Hall–Kier alpha value is -2.97. The highest BCUT2D eigenvalue weighted by atomic mass is 32.2. The second-order valence-electron chi connectivity index (χ2n) is 7.76. The van der Waals surface area contributed by atoms with Gasteiger partial charge in [0, 0.05) is 32.7 Å². The predicted octanol–water partition coefficient (Wildman–Crippen LogP) is 3.34. The SMILES string of the molecule is CCN(CC(=O)N1CCN(c2ccccc2F)CC1)S(=O)(=O)c1ccc2ccccc2c1. The number of para-hydroxylation sites is 1. The van der Waals surface area contributed by atoms with Gasteiger partial charge in [-0.25, -0.2) is 12.8 Å². The van der Waals surface area contributed by atoms with E-state index in [1.54, 1.807) is 48.2 Å². The third-order valence-electron chi connectivity index (χ3n) is 5.85. The van der Waals surface area contributed by atoms with Gasteiger partial charge in [-0.2, -0.15) is 4.31 Å². The molecule has 0 unspecified atom stereocenters. The van der Waals surface area contributed by atoms with Crippen LogP contribution in [0.4, 0.5) is 10.1 Å². The molecule has 1 aliphatic rings. The molecule has 3 aromatic rings. The van der Waals surface area contributed by atoms with Crippen LogP contribution in [-0.4, -0.2) is 62.8 Å². The number of carbonyl (C=O) groups excluding carboxylic acids is 1. The summed E-state index contributed by atoms with van der Waals surface area (Å²) in [6.07, 6.45) is 0. The van der Waals surface area contributed by atoms with Crippen LogP contribution in [0.2, 0.25) is 0 Å². The van der Waals surface area contributed by atoms with Gasteiger partial charge in [0.15, 0.2) is 0 Å². The molecule has 32 heavy (non-hydrogen) atoms. The lowest BCUT2D eigenvalue weighted by Gasteiger charge is -2.37. The van der Waals surface area contributed by atoms with Crippen molar-refractivity contribution in [3.63, 3.8) is 0 Å². The zero-order valence-electron chi connectivity index (χ0n) is 17.9. The number of piperazine rings is 1. The molecule has 0 radical (unpaired) electrons. The molecule has 0 atom stereocenters. The number of anilines is 1. The molecule has 0 N–H and O–H groups in total. The van der Waals surface area contributed by atoms with Crippen LogP contribution < -0.4 is 4.90 Å². The molecule has 3 aromatic carbocycles. The van der Waals surface area contributed by atoms with Crippen LogP contribution in [0, 0.1) is 5.82 Å². The Bertz CT molecular complexity index is 1220. The van der Waals surface area contributed by atoms with Crippen molar-refractivity contribution in [1.82, 2.24) is 9.21 Å². The number of likely N-dealkylation sites (N-methyl/N-ethyl adjacent to an activating group) is 1. The van der Waals surface area contributed by atoms with Gasteiger partial charge < -0.3 is 9.80 Å². The molecule has 168 valence electrons. The van der Waals surface area contributed by atoms with Crippen LogP contribution in [0.1, 0.15) is 6.92 Å². The first-order valence-electron chi connectivity index (χ1n) is 10.7. The fourth-order valence-electron chi connectivity index (χ4n) is 4.00. The fraction of sp³-hybridized carbons (Fsp3) is 0.292. The van der Waals surface area contributed by atoms with Crippen molar-refractivity contribution >= 4 is 32.4 Å². The van der Waals surface area contributed by atoms with Crippen LogP contribution in [0.3, 0.4) is 0 Å². The van der Waals surface area contributed by atoms with E-state index in [1.807, 2.05) is 29.2 Å². The smallest absolute Gasteiger partial charge is 0.243 e. The summed E-state index contributed by atoms with van der Waals surface area (Å²) in [5.74, 6) is -0.532. The number of nitrogens with zero attached hydrogens (tertiary/aromatic N) is 3. The van der Waals surface area contributed by atoms with E-state index in [-0.39, 0.29) is 29.7 Å². The van der Waals surface area contributed by atoms with Crippen molar-refractivity contribution in [2.45, 2.75) is 11.8 Å². The molecule has 0 aromatic heterocycles. The van der Waals surface area contributed by atoms with Crippen LogP contribution in [0.25, 0.3) is 10.8 Å². The van der Waals surface area contributed by atoms with Crippen molar-refractivity contribution < 1.29 is 17.6 Å². The number of hydrogen-bond acceptors (Lipinski definition) is 4. The monoisotopic (exact) mass is 455 g/mol. The molecule has 0 aliphatic carbocycles. The lowest BCUT2D eigenvalue weighted by molar-refractivity contribution is -0.131. The van der Waals surface area contributed by atoms with Gasteiger partial charge in [-0.15, -0.1) is 0 Å². The molecule has 1 saturated heterocycles. The molecular formula is C24H26FN3O3S. The molecule has 0 spiro atoms. The molecule has 0 saturated carbocycles. The summed E-state index contributed by atoms with van der Waals surface area (Å²) in [5.41, 5.74) is 0.522. The van der Waals surface area contributed by atoms with Crippen molar-refractivity contribution in [2.24, 2.45) is 0 Å². The molecule has 1 fully saturated rings. The number of carbonyl (C=O) groups is 1. The molecule has 0 bridgehead atoms.